The summed E-state index contributed by atoms with van der Waals surface area (Å²) in [4.78, 5) is 14.0. The minimum Gasteiger partial charge on any atom is -0.489 e. The number of fused-ring (bicyclic) bond motifs is 1. The molecule has 132 valence electrons. The van der Waals surface area contributed by atoms with Crippen LogP contribution in [0.4, 0.5) is 5.69 Å². The summed E-state index contributed by atoms with van der Waals surface area (Å²) < 4.78 is 17.0. The average Bonchev–Trinajstić information content (AvgIpc) is 2.95. The van der Waals surface area contributed by atoms with E-state index in [9.17, 15) is 4.79 Å². The van der Waals surface area contributed by atoms with Crippen LogP contribution in [-0.2, 0) is 27.3 Å². The first kappa shape index (κ1) is 17.5. The molecule has 2 aromatic rings. The SMILES string of the molecule is CCOC(OCC)N1C(=O)Cc2cc(OCc3ccccc3)ccc21. The average molecular weight is 341 g/mol. The van der Waals surface area contributed by atoms with Crippen molar-refractivity contribution < 1.29 is 19.0 Å². The molecule has 5 heteroatoms. The zero-order valence-electron chi connectivity index (χ0n) is 14.6. The van der Waals surface area contributed by atoms with Crippen LogP contribution in [-0.4, -0.2) is 25.5 Å². The summed E-state index contributed by atoms with van der Waals surface area (Å²) in [5, 5.41) is 0. The fraction of sp³-hybridized carbons (Fsp3) is 0.350. The van der Waals surface area contributed by atoms with E-state index in [1.54, 1.807) is 4.90 Å². The van der Waals surface area contributed by atoms with Gasteiger partial charge in [0.1, 0.15) is 12.4 Å². The maximum absolute atomic E-state index is 12.4. The Balaban J connectivity index is 1.75. The summed E-state index contributed by atoms with van der Waals surface area (Å²) in [6.07, 6.45) is -0.353. The van der Waals surface area contributed by atoms with Crippen LogP contribution in [0.2, 0.25) is 0 Å². The molecule has 0 bridgehead atoms. The molecule has 0 saturated carbocycles. The fourth-order valence-electron chi connectivity index (χ4n) is 2.87. The number of ether oxygens (including phenoxy) is 3. The lowest BCUT2D eigenvalue weighted by atomic mass is 10.1. The number of hydrogen-bond donors (Lipinski definition) is 0. The smallest absolute Gasteiger partial charge is 0.247 e. The molecular formula is C20H23NO4. The van der Waals surface area contributed by atoms with Crippen molar-refractivity contribution in [3.63, 3.8) is 0 Å². The second kappa shape index (κ2) is 8.14. The second-order valence-corrected chi connectivity index (χ2v) is 5.72. The Bertz CT molecular complexity index is 711. The van der Waals surface area contributed by atoms with Gasteiger partial charge in [-0.2, -0.15) is 0 Å². The van der Waals surface area contributed by atoms with E-state index in [-0.39, 0.29) is 5.91 Å². The monoisotopic (exact) mass is 341 g/mol. The largest absolute Gasteiger partial charge is 0.489 e. The molecule has 0 fully saturated rings. The van der Waals surface area contributed by atoms with Gasteiger partial charge in [0.25, 0.3) is 0 Å². The standard InChI is InChI=1S/C20H23NO4/c1-3-23-20(24-4-2)21-18-11-10-17(12-16(18)13-19(21)22)25-14-15-8-6-5-7-9-15/h5-12,20H,3-4,13-14H2,1-2H3. The number of nitrogens with zero attached hydrogens (tertiary/aromatic N) is 1. The van der Waals surface area contributed by atoms with Crippen molar-refractivity contribution in [2.75, 3.05) is 18.1 Å². The van der Waals surface area contributed by atoms with Gasteiger partial charge in [-0.15, -0.1) is 0 Å². The van der Waals surface area contributed by atoms with Gasteiger partial charge in [0.15, 0.2) is 0 Å². The molecule has 0 aromatic heterocycles. The number of anilines is 1. The Morgan fingerprint density at radius 3 is 2.44 bits per heavy atom. The molecule has 0 N–H and O–H groups in total. The lowest BCUT2D eigenvalue weighted by molar-refractivity contribution is -0.148. The molecule has 0 unspecified atom stereocenters. The number of benzene rings is 2. The number of hydrogen-bond acceptors (Lipinski definition) is 4. The Kier molecular flexibility index (Phi) is 5.68. The third-order valence-electron chi connectivity index (χ3n) is 4.00. The van der Waals surface area contributed by atoms with Crippen LogP contribution in [0.15, 0.2) is 48.5 Å². The van der Waals surface area contributed by atoms with Crippen LogP contribution in [0.25, 0.3) is 0 Å². The maximum atomic E-state index is 12.4. The van der Waals surface area contributed by atoms with Crippen LogP contribution in [0.3, 0.4) is 0 Å². The summed E-state index contributed by atoms with van der Waals surface area (Å²) in [6, 6.07) is 15.7. The number of rotatable bonds is 8. The quantitative estimate of drug-likeness (QED) is 0.690. The van der Waals surface area contributed by atoms with Crippen molar-refractivity contribution in [1.29, 1.82) is 0 Å². The normalized spacial score (nSPS) is 13.4. The number of amides is 1. The molecule has 1 amide bonds. The van der Waals surface area contributed by atoms with Crippen molar-refractivity contribution in [3.8, 4) is 5.75 Å². The van der Waals surface area contributed by atoms with Gasteiger partial charge >= 0.3 is 0 Å². The third-order valence-corrected chi connectivity index (χ3v) is 4.00. The molecule has 1 aliphatic heterocycles. The van der Waals surface area contributed by atoms with E-state index in [0.717, 1.165) is 22.6 Å². The molecule has 0 aliphatic carbocycles. The van der Waals surface area contributed by atoms with E-state index in [2.05, 4.69) is 0 Å². The fourth-order valence-corrected chi connectivity index (χ4v) is 2.87. The van der Waals surface area contributed by atoms with Crippen molar-refractivity contribution in [2.45, 2.75) is 33.3 Å². The van der Waals surface area contributed by atoms with E-state index in [1.807, 2.05) is 62.4 Å². The Labute approximate surface area is 148 Å². The molecule has 3 rings (SSSR count). The Morgan fingerprint density at radius 1 is 1.04 bits per heavy atom. The van der Waals surface area contributed by atoms with Gasteiger partial charge in [0.2, 0.25) is 12.3 Å². The van der Waals surface area contributed by atoms with Gasteiger partial charge in [-0.25, -0.2) is 0 Å². The Morgan fingerprint density at radius 2 is 1.76 bits per heavy atom. The van der Waals surface area contributed by atoms with Crippen molar-refractivity contribution in [1.82, 2.24) is 0 Å². The first-order chi connectivity index (χ1) is 12.2. The molecule has 25 heavy (non-hydrogen) atoms. The highest BCUT2D eigenvalue weighted by molar-refractivity contribution is 6.01. The van der Waals surface area contributed by atoms with Gasteiger partial charge in [0, 0.05) is 13.2 Å². The lowest BCUT2D eigenvalue weighted by Gasteiger charge is -2.27. The zero-order chi connectivity index (χ0) is 17.6. The van der Waals surface area contributed by atoms with Gasteiger partial charge < -0.3 is 14.2 Å². The van der Waals surface area contributed by atoms with Crippen LogP contribution in [0.5, 0.6) is 5.75 Å². The minimum absolute atomic E-state index is 0.0258. The minimum atomic E-state index is -0.681. The van der Waals surface area contributed by atoms with Crippen molar-refractivity contribution in [3.05, 3.63) is 59.7 Å². The molecule has 1 heterocycles. The predicted molar refractivity (Wildman–Crippen MR) is 95.4 cm³/mol. The third kappa shape index (κ3) is 4.00. The zero-order valence-corrected chi connectivity index (χ0v) is 14.6. The van der Waals surface area contributed by atoms with Crippen LogP contribution in [0.1, 0.15) is 25.0 Å². The first-order valence-electron chi connectivity index (χ1n) is 8.57. The summed E-state index contributed by atoms with van der Waals surface area (Å²) >= 11 is 0. The van der Waals surface area contributed by atoms with Gasteiger partial charge in [-0.1, -0.05) is 30.3 Å². The van der Waals surface area contributed by atoms with E-state index < -0.39 is 6.41 Å². The molecule has 5 nitrogen and oxygen atoms in total. The second-order valence-electron chi connectivity index (χ2n) is 5.72. The lowest BCUT2D eigenvalue weighted by Crippen LogP contribution is -2.41. The molecule has 0 spiro atoms. The summed E-state index contributed by atoms with van der Waals surface area (Å²) in [6.45, 7) is 5.21. The number of carbonyl (C=O) groups is 1. The molecule has 1 aliphatic rings. The van der Waals surface area contributed by atoms with Crippen molar-refractivity contribution >= 4 is 11.6 Å². The van der Waals surface area contributed by atoms with E-state index in [1.165, 1.54) is 0 Å². The predicted octanol–water partition coefficient (Wildman–Crippen LogP) is 3.51. The summed E-state index contributed by atoms with van der Waals surface area (Å²) in [7, 11) is 0. The summed E-state index contributed by atoms with van der Waals surface area (Å²) in [5.74, 6) is 0.726. The molecule has 0 radical (unpaired) electrons. The summed E-state index contributed by atoms with van der Waals surface area (Å²) in [5.41, 5.74) is 2.86. The van der Waals surface area contributed by atoms with Gasteiger partial charge in [-0.3, -0.25) is 9.69 Å². The molecule has 0 atom stereocenters. The van der Waals surface area contributed by atoms with E-state index in [4.69, 9.17) is 14.2 Å². The molecular weight excluding hydrogens is 318 g/mol. The molecule has 2 aromatic carbocycles. The maximum Gasteiger partial charge on any atom is 0.247 e. The number of carbonyl (C=O) groups excluding carboxylic acids is 1. The molecule has 0 saturated heterocycles. The van der Waals surface area contributed by atoms with Gasteiger partial charge in [-0.05, 0) is 43.2 Å². The van der Waals surface area contributed by atoms with Gasteiger partial charge in [0.05, 0.1) is 12.1 Å². The van der Waals surface area contributed by atoms with Crippen LogP contribution < -0.4 is 9.64 Å². The van der Waals surface area contributed by atoms with E-state index in [0.29, 0.717) is 26.2 Å². The Hall–Kier alpha value is -2.37. The highest BCUT2D eigenvalue weighted by Crippen LogP contribution is 2.34. The topological polar surface area (TPSA) is 48.0 Å². The van der Waals surface area contributed by atoms with Crippen LogP contribution >= 0.6 is 0 Å². The highest BCUT2D eigenvalue weighted by Gasteiger charge is 2.34. The highest BCUT2D eigenvalue weighted by atomic mass is 16.7. The van der Waals surface area contributed by atoms with Crippen LogP contribution in [0, 0.1) is 0 Å². The van der Waals surface area contributed by atoms with E-state index >= 15 is 0 Å². The van der Waals surface area contributed by atoms with Crippen molar-refractivity contribution in [2.24, 2.45) is 0 Å². The first-order valence-corrected chi connectivity index (χ1v) is 8.57.